The van der Waals surface area contributed by atoms with Gasteiger partial charge in [-0.15, -0.1) is 11.8 Å². The van der Waals surface area contributed by atoms with Crippen LogP contribution < -0.4 is 0 Å². The quantitative estimate of drug-likeness (QED) is 0.388. The Labute approximate surface area is 204 Å². The van der Waals surface area contributed by atoms with E-state index in [0.717, 1.165) is 70.5 Å². The minimum absolute atomic E-state index is 0.125. The van der Waals surface area contributed by atoms with E-state index in [-0.39, 0.29) is 5.91 Å². The van der Waals surface area contributed by atoms with Crippen molar-refractivity contribution in [2.75, 3.05) is 39.0 Å². The van der Waals surface area contributed by atoms with Crippen LogP contribution in [-0.4, -0.2) is 59.7 Å². The van der Waals surface area contributed by atoms with E-state index in [0.29, 0.717) is 5.56 Å². The van der Waals surface area contributed by atoms with Gasteiger partial charge in [0, 0.05) is 54.0 Å². The van der Waals surface area contributed by atoms with E-state index >= 15 is 0 Å². The van der Waals surface area contributed by atoms with Crippen molar-refractivity contribution in [1.82, 2.24) is 14.8 Å². The standard InChI is InChI=1S/C28H26N4OS/c1-31-11-13-32(14-12-31)28(33)24-6-5-22-16-20(2-4-23(22)18-24)9-15-34-27-8-10-30-26-7-3-21(19-29)17-25(26)27/h2-8,10,16-18H,9,11-15H2,1H3. The number of piperazine rings is 1. The largest absolute Gasteiger partial charge is 0.336 e. The van der Waals surface area contributed by atoms with E-state index in [4.69, 9.17) is 0 Å². The van der Waals surface area contributed by atoms with Gasteiger partial charge in [-0.2, -0.15) is 5.26 Å². The molecule has 1 aromatic heterocycles. The van der Waals surface area contributed by atoms with Gasteiger partial charge >= 0.3 is 0 Å². The number of aryl methyl sites for hydroxylation is 1. The topological polar surface area (TPSA) is 60.2 Å². The van der Waals surface area contributed by atoms with Crippen molar-refractivity contribution < 1.29 is 4.79 Å². The maximum atomic E-state index is 12.9. The van der Waals surface area contributed by atoms with Gasteiger partial charge in [0.1, 0.15) is 0 Å². The number of aromatic nitrogens is 1. The van der Waals surface area contributed by atoms with Crippen molar-refractivity contribution in [2.24, 2.45) is 0 Å². The zero-order chi connectivity index (χ0) is 23.5. The third-order valence-electron chi connectivity index (χ3n) is 6.42. The van der Waals surface area contributed by atoms with Crippen LogP contribution in [0.2, 0.25) is 0 Å². The van der Waals surface area contributed by atoms with Crippen LogP contribution in [0.5, 0.6) is 0 Å². The number of nitriles is 1. The monoisotopic (exact) mass is 466 g/mol. The molecule has 1 fully saturated rings. The van der Waals surface area contributed by atoms with Crippen molar-refractivity contribution in [3.05, 3.63) is 83.6 Å². The molecular formula is C28H26N4OS. The molecule has 34 heavy (non-hydrogen) atoms. The number of benzene rings is 3. The number of likely N-dealkylation sites (N-methyl/N-ethyl adjacent to an activating group) is 1. The highest BCUT2D eigenvalue weighted by Gasteiger charge is 2.20. The first-order chi connectivity index (χ1) is 16.6. The van der Waals surface area contributed by atoms with Crippen LogP contribution >= 0.6 is 11.8 Å². The summed E-state index contributed by atoms with van der Waals surface area (Å²) in [6.45, 7) is 3.42. The van der Waals surface area contributed by atoms with Crippen molar-refractivity contribution >= 4 is 39.3 Å². The van der Waals surface area contributed by atoms with Gasteiger partial charge < -0.3 is 9.80 Å². The third-order valence-corrected chi connectivity index (χ3v) is 7.50. The number of nitrogens with zero attached hydrogens (tertiary/aromatic N) is 4. The lowest BCUT2D eigenvalue weighted by Crippen LogP contribution is -2.47. The average Bonchev–Trinajstić information content (AvgIpc) is 2.88. The second kappa shape index (κ2) is 9.84. The Balaban J connectivity index is 1.26. The summed E-state index contributed by atoms with van der Waals surface area (Å²) in [5, 5.41) is 12.5. The normalized spacial score (nSPS) is 14.4. The smallest absolute Gasteiger partial charge is 0.253 e. The fourth-order valence-corrected chi connectivity index (χ4v) is 5.40. The van der Waals surface area contributed by atoms with Gasteiger partial charge in [-0.05, 0) is 66.2 Å². The molecule has 3 aromatic carbocycles. The van der Waals surface area contributed by atoms with Gasteiger partial charge in [-0.25, -0.2) is 0 Å². The zero-order valence-corrected chi connectivity index (χ0v) is 20.0. The van der Waals surface area contributed by atoms with Gasteiger partial charge in [0.2, 0.25) is 0 Å². The van der Waals surface area contributed by atoms with Crippen LogP contribution in [-0.2, 0) is 6.42 Å². The number of rotatable bonds is 5. The Kier molecular flexibility index (Phi) is 6.48. The maximum Gasteiger partial charge on any atom is 0.253 e. The first-order valence-corrected chi connectivity index (χ1v) is 12.5. The lowest BCUT2D eigenvalue weighted by atomic mass is 10.0. The fraction of sp³-hybridized carbons (Fsp3) is 0.250. The molecule has 0 unspecified atom stereocenters. The summed E-state index contributed by atoms with van der Waals surface area (Å²) in [5.74, 6) is 1.06. The van der Waals surface area contributed by atoms with Crippen LogP contribution in [0, 0.1) is 11.3 Å². The molecule has 0 radical (unpaired) electrons. The first kappa shape index (κ1) is 22.4. The van der Waals surface area contributed by atoms with Crippen LogP contribution in [0.4, 0.5) is 0 Å². The lowest BCUT2D eigenvalue weighted by molar-refractivity contribution is 0.0664. The molecule has 5 nitrogen and oxygen atoms in total. The third kappa shape index (κ3) is 4.77. The zero-order valence-electron chi connectivity index (χ0n) is 19.2. The molecule has 0 N–H and O–H groups in total. The Morgan fingerprint density at radius 3 is 2.62 bits per heavy atom. The SMILES string of the molecule is CN1CCN(C(=O)c2ccc3cc(CCSc4ccnc5ccc(C#N)cc45)ccc3c2)CC1. The summed E-state index contributed by atoms with van der Waals surface area (Å²) in [7, 11) is 2.09. The number of hydrogen-bond acceptors (Lipinski definition) is 5. The highest BCUT2D eigenvalue weighted by molar-refractivity contribution is 7.99. The number of hydrogen-bond donors (Lipinski definition) is 0. The van der Waals surface area contributed by atoms with Crippen LogP contribution in [0.3, 0.4) is 0 Å². The molecule has 1 aliphatic heterocycles. The molecule has 0 spiro atoms. The van der Waals surface area contributed by atoms with E-state index in [1.165, 1.54) is 5.56 Å². The Hall–Kier alpha value is -3.40. The summed E-state index contributed by atoms with van der Waals surface area (Å²) >= 11 is 1.79. The molecule has 0 saturated carbocycles. The summed E-state index contributed by atoms with van der Waals surface area (Å²) in [6.07, 6.45) is 2.76. The second-order valence-electron chi connectivity index (χ2n) is 8.74. The number of fused-ring (bicyclic) bond motifs is 2. The molecule has 6 heteroatoms. The van der Waals surface area contributed by atoms with Crippen LogP contribution in [0.25, 0.3) is 21.7 Å². The van der Waals surface area contributed by atoms with Crippen LogP contribution in [0.15, 0.2) is 71.8 Å². The number of thioether (sulfide) groups is 1. The van der Waals surface area contributed by atoms with E-state index in [2.05, 4.69) is 47.3 Å². The van der Waals surface area contributed by atoms with Crippen molar-refractivity contribution in [1.29, 1.82) is 5.26 Å². The predicted octanol–water partition coefficient (Wildman–Crippen LogP) is 4.98. The number of pyridine rings is 1. The molecule has 0 atom stereocenters. The summed E-state index contributed by atoms with van der Waals surface area (Å²) in [5.41, 5.74) is 3.61. The lowest BCUT2D eigenvalue weighted by Gasteiger charge is -2.32. The molecule has 1 saturated heterocycles. The van der Waals surface area contributed by atoms with Gasteiger partial charge in [0.25, 0.3) is 5.91 Å². The highest BCUT2D eigenvalue weighted by Crippen LogP contribution is 2.28. The first-order valence-electron chi connectivity index (χ1n) is 11.5. The summed E-state index contributed by atoms with van der Waals surface area (Å²) in [6, 6.07) is 22.4. The Morgan fingerprint density at radius 1 is 1.00 bits per heavy atom. The van der Waals surface area contributed by atoms with Crippen molar-refractivity contribution in [3.63, 3.8) is 0 Å². The molecule has 170 valence electrons. The van der Waals surface area contributed by atoms with Gasteiger partial charge in [-0.3, -0.25) is 9.78 Å². The molecular weight excluding hydrogens is 440 g/mol. The number of amides is 1. The fourth-order valence-electron chi connectivity index (χ4n) is 4.37. The summed E-state index contributed by atoms with van der Waals surface area (Å²) in [4.78, 5) is 22.7. The van der Waals surface area contributed by atoms with Gasteiger partial charge in [0.05, 0.1) is 17.1 Å². The molecule has 1 aliphatic rings. The molecule has 1 amide bonds. The van der Waals surface area contributed by atoms with E-state index in [9.17, 15) is 10.1 Å². The van der Waals surface area contributed by atoms with E-state index in [1.54, 1.807) is 11.8 Å². The highest BCUT2D eigenvalue weighted by atomic mass is 32.2. The van der Waals surface area contributed by atoms with Crippen molar-refractivity contribution in [3.8, 4) is 6.07 Å². The predicted molar refractivity (Wildman–Crippen MR) is 138 cm³/mol. The Morgan fingerprint density at radius 2 is 1.79 bits per heavy atom. The minimum Gasteiger partial charge on any atom is -0.336 e. The van der Waals surface area contributed by atoms with E-state index in [1.807, 2.05) is 47.5 Å². The molecule has 0 aliphatic carbocycles. The minimum atomic E-state index is 0.125. The van der Waals surface area contributed by atoms with Crippen molar-refractivity contribution in [2.45, 2.75) is 11.3 Å². The molecule has 5 rings (SSSR count). The van der Waals surface area contributed by atoms with Gasteiger partial charge in [-0.1, -0.05) is 24.3 Å². The average molecular weight is 467 g/mol. The maximum absolute atomic E-state index is 12.9. The molecule has 2 heterocycles. The Bertz CT molecular complexity index is 1400. The van der Waals surface area contributed by atoms with E-state index < -0.39 is 0 Å². The number of carbonyl (C=O) groups excluding carboxylic acids is 1. The second-order valence-corrected chi connectivity index (χ2v) is 9.88. The molecule has 4 aromatic rings. The molecule has 0 bridgehead atoms. The number of carbonyl (C=O) groups is 1. The summed E-state index contributed by atoms with van der Waals surface area (Å²) < 4.78 is 0. The van der Waals surface area contributed by atoms with Gasteiger partial charge in [0.15, 0.2) is 0 Å². The van der Waals surface area contributed by atoms with Crippen LogP contribution in [0.1, 0.15) is 21.5 Å².